The predicted molar refractivity (Wildman–Crippen MR) is 59.2 cm³/mol. The quantitative estimate of drug-likeness (QED) is 0.554. The molecule has 0 fully saturated rings. The molecule has 0 aliphatic carbocycles. The average molecular weight is 259 g/mol. The van der Waals surface area contributed by atoms with Crippen LogP contribution in [0.4, 0.5) is 0 Å². The number of hydrogen-bond acceptors (Lipinski definition) is 7. The molecular weight excluding hydrogens is 238 g/mol. The van der Waals surface area contributed by atoms with Gasteiger partial charge in [0, 0.05) is 12.1 Å². The van der Waals surface area contributed by atoms with Crippen LogP contribution in [0.2, 0.25) is 0 Å². The fourth-order valence-corrected chi connectivity index (χ4v) is 0.795. The van der Waals surface area contributed by atoms with Crippen LogP contribution in [0.15, 0.2) is 0 Å². The minimum absolute atomic E-state index is 0.0761. The molecule has 0 rings (SSSR count). The van der Waals surface area contributed by atoms with Crippen molar-refractivity contribution < 1.29 is 27.0 Å². The number of rotatable bonds is 6. The van der Waals surface area contributed by atoms with Crippen LogP contribution in [-0.2, 0) is 18.8 Å². The predicted octanol–water partition coefficient (Wildman–Crippen LogP) is -1.14. The zero-order chi connectivity index (χ0) is 13.2. The molecule has 2 unspecified atom stereocenters. The van der Waals surface area contributed by atoms with E-state index in [1.54, 1.807) is 0 Å². The molecular formula is C8H21NO6S. The molecule has 0 aromatic heterocycles. The summed E-state index contributed by atoms with van der Waals surface area (Å²) in [4.78, 5) is 0. The maximum Gasteiger partial charge on any atom is 0.399 e. The highest BCUT2D eigenvalue weighted by molar-refractivity contribution is 7.81. The summed E-state index contributed by atoms with van der Waals surface area (Å²) in [5.74, 6) is 0. The first-order valence-corrected chi connectivity index (χ1v) is 6.00. The molecule has 0 aliphatic heterocycles. The standard InChI is InChI=1S/C6H15NO2.C2H6O4S/c1-5(3-8)7-6(2)4-9;1-5-7(3,4)6-2/h5-9H,3-4H2,1-2H3;1-2H3. The number of aliphatic hydroxyl groups is 2. The van der Waals surface area contributed by atoms with E-state index < -0.39 is 10.4 Å². The van der Waals surface area contributed by atoms with E-state index in [4.69, 9.17) is 10.2 Å². The molecule has 16 heavy (non-hydrogen) atoms. The largest absolute Gasteiger partial charge is 0.399 e. The fraction of sp³-hybridized carbons (Fsp3) is 1.00. The van der Waals surface area contributed by atoms with Gasteiger partial charge >= 0.3 is 10.4 Å². The van der Waals surface area contributed by atoms with Crippen molar-refractivity contribution in [2.45, 2.75) is 25.9 Å². The highest BCUT2D eigenvalue weighted by Crippen LogP contribution is 1.86. The van der Waals surface area contributed by atoms with Gasteiger partial charge in [0.15, 0.2) is 0 Å². The van der Waals surface area contributed by atoms with E-state index in [2.05, 4.69) is 13.7 Å². The van der Waals surface area contributed by atoms with Crippen molar-refractivity contribution >= 4 is 10.4 Å². The lowest BCUT2D eigenvalue weighted by Crippen LogP contribution is -2.38. The maximum atomic E-state index is 9.92. The maximum absolute atomic E-state index is 9.92. The van der Waals surface area contributed by atoms with Gasteiger partial charge in [-0.25, -0.2) is 0 Å². The molecule has 0 heterocycles. The zero-order valence-corrected chi connectivity index (χ0v) is 10.8. The molecule has 0 amide bonds. The molecule has 8 heteroatoms. The summed E-state index contributed by atoms with van der Waals surface area (Å²) in [5, 5.41) is 20.0. The van der Waals surface area contributed by atoms with Crippen LogP contribution in [0.25, 0.3) is 0 Å². The van der Waals surface area contributed by atoms with Gasteiger partial charge in [0.05, 0.1) is 27.4 Å². The second-order valence-corrected chi connectivity index (χ2v) is 4.56. The van der Waals surface area contributed by atoms with Crippen molar-refractivity contribution in [1.82, 2.24) is 5.32 Å². The molecule has 7 nitrogen and oxygen atoms in total. The third-order valence-corrected chi connectivity index (χ3v) is 2.34. The van der Waals surface area contributed by atoms with Gasteiger partial charge in [-0.3, -0.25) is 8.37 Å². The van der Waals surface area contributed by atoms with E-state index in [0.717, 1.165) is 14.2 Å². The third-order valence-electron chi connectivity index (χ3n) is 1.53. The molecule has 100 valence electrons. The highest BCUT2D eigenvalue weighted by Gasteiger charge is 2.03. The van der Waals surface area contributed by atoms with Gasteiger partial charge in [-0.15, -0.1) is 0 Å². The van der Waals surface area contributed by atoms with Crippen LogP contribution in [0.1, 0.15) is 13.8 Å². The van der Waals surface area contributed by atoms with E-state index in [-0.39, 0.29) is 25.3 Å². The lowest BCUT2D eigenvalue weighted by molar-refractivity contribution is 0.206. The zero-order valence-electron chi connectivity index (χ0n) is 10.0. The summed E-state index contributed by atoms with van der Waals surface area (Å²) < 4.78 is 27.5. The molecule has 0 aromatic rings. The Morgan fingerprint density at radius 3 is 1.50 bits per heavy atom. The second-order valence-electron chi connectivity index (χ2n) is 3.08. The number of aliphatic hydroxyl groups excluding tert-OH is 2. The number of nitrogens with one attached hydrogen (secondary N) is 1. The lowest BCUT2D eigenvalue weighted by atomic mass is 10.3. The van der Waals surface area contributed by atoms with Gasteiger partial charge in [-0.1, -0.05) is 0 Å². The first-order valence-electron chi connectivity index (χ1n) is 4.66. The molecule has 0 saturated heterocycles. The van der Waals surface area contributed by atoms with Crippen LogP contribution < -0.4 is 5.32 Å². The third kappa shape index (κ3) is 11.8. The fourth-order valence-electron chi connectivity index (χ4n) is 0.659. The molecule has 0 saturated carbocycles. The van der Waals surface area contributed by atoms with Gasteiger partial charge in [0.1, 0.15) is 0 Å². The van der Waals surface area contributed by atoms with E-state index in [9.17, 15) is 8.42 Å². The van der Waals surface area contributed by atoms with Gasteiger partial charge in [-0.2, -0.15) is 8.42 Å². The molecule has 0 radical (unpaired) electrons. The molecule has 0 aliphatic rings. The van der Waals surface area contributed by atoms with Gasteiger partial charge in [-0.05, 0) is 13.8 Å². The van der Waals surface area contributed by atoms with Gasteiger partial charge < -0.3 is 15.5 Å². The smallest absolute Gasteiger partial charge is 0.395 e. The van der Waals surface area contributed by atoms with Crippen LogP contribution in [0, 0.1) is 0 Å². The van der Waals surface area contributed by atoms with Crippen LogP contribution >= 0.6 is 0 Å². The van der Waals surface area contributed by atoms with Crippen molar-refractivity contribution in [3.8, 4) is 0 Å². The Morgan fingerprint density at radius 2 is 1.38 bits per heavy atom. The summed E-state index contributed by atoms with van der Waals surface area (Å²) >= 11 is 0. The molecule has 0 spiro atoms. The SMILES string of the molecule is CC(CO)NC(C)CO.COS(=O)(=O)OC. The van der Waals surface area contributed by atoms with Crippen molar-refractivity contribution in [1.29, 1.82) is 0 Å². The number of hydrogen-bond donors (Lipinski definition) is 3. The lowest BCUT2D eigenvalue weighted by Gasteiger charge is -2.15. The van der Waals surface area contributed by atoms with Gasteiger partial charge in [0.2, 0.25) is 0 Å². The Morgan fingerprint density at radius 1 is 1.06 bits per heavy atom. The average Bonchev–Trinajstić information content (AvgIpc) is 2.29. The molecule has 3 N–H and O–H groups in total. The minimum atomic E-state index is -3.66. The van der Waals surface area contributed by atoms with Crippen molar-refractivity contribution in [2.24, 2.45) is 0 Å². The van der Waals surface area contributed by atoms with Crippen molar-refractivity contribution in [2.75, 3.05) is 27.4 Å². The summed E-state index contributed by atoms with van der Waals surface area (Å²) in [5.41, 5.74) is 0. The second kappa shape index (κ2) is 9.94. The summed E-state index contributed by atoms with van der Waals surface area (Å²) in [6.45, 7) is 3.97. The van der Waals surface area contributed by atoms with Crippen LogP contribution in [-0.4, -0.2) is 58.1 Å². The molecule has 0 aromatic carbocycles. The van der Waals surface area contributed by atoms with Crippen molar-refractivity contribution in [3.63, 3.8) is 0 Å². The van der Waals surface area contributed by atoms with E-state index in [0.29, 0.717) is 0 Å². The van der Waals surface area contributed by atoms with E-state index in [1.165, 1.54) is 0 Å². The van der Waals surface area contributed by atoms with Gasteiger partial charge in [0.25, 0.3) is 0 Å². The normalized spacial score (nSPS) is 14.9. The molecule has 0 bridgehead atoms. The van der Waals surface area contributed by atoms with Crippen LogP contribution in [0.3, 0.4) is 0 Å². The Bertz CT molecular complexity index is 225. The first-order chi connectivity index (χ1) is 7.32. The first kappa shape index (κ1) is 18.1. The Balaban J connectivity index is 0. The minimum Gasteiger partial charge on any atom is -0.395 e. The molecule has 2 atom stereocenters. The summed E-state index contributed by atoms with van der Waals surface area (Å²) in [6, 6.07) is 0.152. The van der Waals surface area contributed by atoms with Crippen LogP contribution in [0.5, 0.6) is 0 Å². The summed E-state index contributed by atoms with van der Waals surface area (Å²) in [7, 11) is -1.60. The Hall–Kier alpha value is -0.250. The highest BCUT2D eigenvalue weighted by atomic mass is 32.3. The Labute approximate surface area is 96.7 Å². The van der Waals surface area contributed by atoms with E-state index >= 15 is 0 Å². The Kier molecular flexibility index (Phi) is 11.3. The van der Waals surface area contributed by atoms with E-state index in [1.807, 2.05) is 13.8 Å². The monoisotopic (exact) mass is 259 g/mol. The topological polar surface area (TPSA) is 105 Å². The summed E-state index contributed by atoms with van der Waals surface area (Å²) in [6.07, 6.45) is 0. The van der Waals surface area contributed by atoms with Crippen molar-refractivity contribution in [3.05, 3.63) is 0 Å².